The fourth-order valence-corrected chi connectivity index (χ4v) is 3.24. The molecule has 2 aromatic carbocycles. The Labute approximate surface area is 163 Å². The number of rotatable bonds is 7. The molecular weight excluding hydrogens is 354 g/mol. The zero-order valence-electron chi connectivity index (χ0n) is 16.0. The molecule has 0 saturated heterocycles. The minimum Gasteiger partial charge on any atom is -0.485 e. The van der Waals surface area contributed by atoms with E-state index in [9.17, 15) is 14.4 Å². The van der Waals surface area contributed by atoms with Crippen LogP contribution < -0.4 is 4.74 Å². The Morgan fingerprint density at radius 2 is 1.50 bits per heavy atom. The van der Waals surface area contributed by atoms with Gasteiger partial charge >= 0.3 is 0 Å². The van der Waals surface area contributed by atoms with Crippen LogP contribution in [0.5, 0.6) is 5.75 Å². The van der Waals surface area contributed by atoms with Gasteiger partial charge in [0.1, 0.15) is 5.75 Å². The average molecular weight is 375 g/mol. The molecule has 28 heavy (non-hydrogen) atoms. The van der Waals surface area contributed by atoms with Gasteiger partial charge in [-0.25, -0.2) is 0 Å². The maximum absolute atomic E-state index is 12.5. The molecule has 1 heterocycles. The van der Waals surface area contributed by atoms with Gasteiger partial charge in [-0.05, 0) is 50.6 Å². The van der Waals surface area contributed by atoms with Crippen LogP contribution in [0.4, 0.5) is 0 Å². The highest BCUT2D eigenvalue weighted by atomic mass is 16.5. The van der Waals surface area contributed by atoms with Crippen molar-refractivity contribution in [2.75, 3.05) is 6.61 Å². The molecule has 0 fully saturated rings. The summed E-state index contributed by atoms with van der Waals surface area (Å²) in [5.41, 5.74) is 3.42. The number of hydrogen-bond acceptors (Lipinski definition) is 4. The van der Waals surface area contributed by atoms with Crippen molar-refractivity contribution in [3.05, 3.63) is 88.2 Å². The third-order valence-corrected chi connectivity index (χ3v) is 4.59. The molecule has 0 saturated carbocycles. The summed E-state index contributed by atoms with van der Waals surface area (Å²) in [5.74, 6) is 0.102. The van der Waals surface area contributed by atoms with Crippen molar-refractivity contribution in [1.29, 1.82) is 0 Å². The van der Waals surface area contributed by atoms with Crippen LogP contribution in [0.15, 0.2) is 54.6 Å². The summed E-state index contributed by atoms with van der Waals surface area (Å²) in [6.45, 7) is 4.83. The van der Waals surface area contributed by atoms with Crippen LogP contribution in [-0.2, 0) is 0 Å². The summed E-state index contributed by atoms with van der Waals surface area (Å²) in [6.07, 6.45) is 0. The van der Waals surface area contributed by atoms with E-state index in [2.05, 4.69) is 4.98 Å². The topological polar surface area (TPSA) is 76.2 Å². The molecule has 0 spiro atoms. The number of H-pyrrole nitrogens is 1. The molecule has 3 aromatic rings. The SMILES string of the molecule is CC(=O)c1c(C)[nH]c(C(=O)COc2ccc(C(=O)c3ccccc3)cc2)c1C. The number of Topliss-reactive ketones (excluding diaryl/α,β-unsaturated/α-hetero) is 2. The molecule has 0 atom stereocenters. The lowest BCUT2D eigenvalue weighted by atomic mass is 10.0. The lowest BCUT2D eigenvalue weighted by Gasteiger charge is -2.07. The van der Waals surface area contributed by atoms with Crippen molar-refractivity contribution < 1.29 is 19.1 Å². The van der Waals surface area contributed by atoms with E-state index in [0.29, 0.717) is 39.4 Å². The van der Waals surface area contributed by atoms with Crippen molar-refractivity contribution in [2.24, 2.45) is 0 Å². The van der Waals surface area contributed by atoms with Gasteiger partial charge in [-0.3, -0.25) is 14.4 Å². The van der Waals surface area contributed by atoms with Gasteiger partial charge in [0.05, 0.1) is 5.69 Å². The maximum atomic E-state index is 12.5. The molecule has 0 bridgehead atoms. The van der Waals surface area contributed by atoms with Crippen molar-refractivity contribution in [2.45, 2.75) is 20.8 Å². The molecule has 3 rings (SSSR count). The van der Waals surface area contributed by atoms with E-state index in [1.54, 1.807) is 50.2 Å². The molecule has 142 valence electrons. The first-order valence-corrected chi connectivity index (χ1v) is 8.94. The zero-order chi connectivity index (χ0) is 20.3. The lowest BCUT2D eigenvalue weighted by molar-refractivity contribution is 0.0915. The van der Waals surface area contributed by atoms with Gasteiger partial charge in [0.15, 0.2) is 18.2 Å². The molecule has 5 heteroatoms. The highest BCUT2D eigenvalue weighted by Crippen LogP contribution is 2.20. The van der Waals surface area contributed by atoms with E-state index in [4.69, 9.17) is 4.74 Å². The molecular formula is C23H21NO4. The van der Waals surface area contributed by atoms with E-state index in [0.717, 1.165) is 0 Å². The highest BCUT2D eigenvalue weighted by molar-refractivity contribution is 6.09. The van der Waals surface area contributed by atoms with Crippen LogP contribution in [0.25, 0.3) is 0 Å². The summed E-state index contributed by atoms with van der Waals surface area (Å²) < 4.78 is 5.56. The molecule has 0 radical (unpaired) electrons. The molecule has 0 aliphatic heterocycles. The second-order valence-corrected chi connectivity index (χ2v) is 6.61. The van der Waals surface area contributed by atoms with Crippen LogP contribution in [0, 0.1) is 13.8 Å². The molecule has 0 unspecified atom stereocenters. The van der Waals surface area contributed by atoms with Gasteiger partial charge in [0, 0.05) is 22.4 Å². The van der Waals surface area contributed by atoms with Crippen LogP contribution in [-0.4, -0.2) is 28.9 Å². The summed E-state index contributed by atoms with van der Waals surface area (Å²) in [6, 6.07) is 15.7. The average Bonchev–Trinajstić information content (AvgIpc) is 3.01. The fraction of sp³-hybridized carbons (Fsp3) is 0.174. The smallest absolute Gasteiger partial charge is 0.216 e. The Morgan fingerprint density at radius 3 is 2.07 bits per heavy atom. The van der Waals surface area contributed by atoms with E-state index in [1.165, 1.54) is 6.92 Å². The first-order valence-electron chi connectivity index (χ1n) is 8.94. The predicted molar refractivity (Wildman–Crippen MR) is 106 cm³/mol. The number of aromatic nitrogens is 1. The van der Waals surface area contributed by atoms with Crippen molar-refractivity contribution >= 4 is 17.3 Å². The van der Waals surface area contributed by atoms with E-state index >= 15 is 0 Å². The van der Waals surface area contributed by atoms with Crippen molar-refractivity contribution in [1.82, 2.24) is 4.98 Å². The van der Waals surface area contributed by atoms with Crippen molar-refractivity contribution in [3.63, 3.8) is 0 Å². The number of hydrogen-bond donors (Lipinski definition) is 1. The Bertz CT molecular complexity index is 1030. The Balaban J connectivity index is 1.67. The summed E-state index contributed by atoms with van der Waals surface area (Å²) >= 11 is 0. The second kappa shape index (κ2) is 8.05. The molecule has 1 aromatic heterocycles. The van der Waals surface area contributed by atoms with Gasteiger partial charge in [-0.2, -0.15) is 0 Å². The van der Waals surface area contributed by atoms with E-state index in [-0.39, 0.29) is 24.0 Å². The number of aryl methyl sites for hydroxylation is 1. The van der Waals surface area contributed by atoms with Gasteiger partial charge < -0.3 is 9.72 Å². The molecule has 1 N–H and O–H groups in total. The summed E-state index contributed by atoms with van der Waals surface area (Å²) in [5, 5.41) is 0. The monoisotopic (exact) mass is 375 g/mol. The maximum Gasteiger partial charge on any atom is 0.216 e. The van der Waals surface area contributed by atoms with E-state index in [1.807, 2.05) is 18.2 Å². The molecule has 5 nitrogen and oxygen atoms in total. The van der Waals surface area contributed by atoms with Crippen LogP contribution >= 0.6 is 0 Å². The van der Waals surface area contributed by atoms with Gasteiger partial charge in [-0.15, -0.1) is 0 Å². The first kappa shape index (κ1) is 19.3. The number of nitrogens with one attached hydrogen (secondary N) is 1. The number of aromatic amines is 1. The van der Waals surface area contributed by atoms with Gasteiger partial charge in [0.25, 0.3) is 0 Å². The van der Waals surface area contributed by atoms with Crippen LogP contribution in [0.3, 0.4) is 0 Å². The third kappa shape index (κ3) is 3.93. The van der Waals surface area contributed by atoms with Gasteiger partial charge in [0.2, 0.25) is 5.78 Å². The number of ketones is 3. The van der Waals surface area contributed by atoms with Gasteiger partial charge in [-0.1, -0.05) is 30.3 Å². The Kier molecular flexibility index (Phi) is 5.54. The highest BCUT2D eigenvalue weighted by Gasteiger charge is 2.20. The fourth-order valence-electron chi connectivity index (χ4n) is 3.24. The lowest BCUT2D eigenvalue weighted by Crippen LogP contribution is -2.13. The number of carbonyl (C=O) groups excluding carboxylic acids is 3. The molecule has 0 aliphatic carbocycles. The minimum atomic E-state index is -0.238. The zero-order valence-corrected chi connectivity index (χ0v) is 16.0. The molecule has 0 aliphatic rings. The quantitative estimate of drug-likeness (QED) is 0.624. The predicted octanol–water partition coefficient (Wildman–Crippen LogP) is 4.33. The van der Waals surface area contributed by atoms with E-state index < -0.39 is 0 Å². The van der Waals surface area contributed by atoms with Crippen molar-refractivity contribution in [3.8, 4) is 5.75 Å². The Morgan fingerprint density at radius 1 is 0.893 bits per heavy atom. The number of benzene rings is 2. The van der Waals surface area contributed by atoms with Crippen LogP contribution in [0.1, 0.15) is 54.9 Å². The standard InChI is InChI=1S/C23H21NO4/c1-14-21(16(3)25)15(2)24-22(14)20(26)13-28-19-11-9-18(10-12-19)23(27)17-7-5-4-6-8-17/h4-12,24H,13H2,1-3H3. The second-order valence-electron chi connectivity index (χ2n) is 6.61. The largest absolute Gasteiger partial charge is 0.485 e. The van der Waals surface area contributed by atoms with Crippen LogP contribution in [0.2, 0.25) is 0 Å². The molecule has 0 amide bonds. The number of ether oxygens (including phenoxy) is 1. The third-order valence-electron chi connectivity index (χ3n) is 4.59. The Hall–Kier alpha value is -3.47. The normalized spacial score (nSPS) is 10.5. The summed E-state index contributed by atoms with van der Waals surface area (Å²) in [4.78, 5) is 39.6. The number of carbonyl (C=O) groups is 3. The minimum absolute atomic E-state index is 0.0718. The first-order chi connectivity index (χ1) is 13.4. The summed E-state index contributed by atoms with van der Waals surface area (Å²) in [7, 11) is 0.